The Hall–Kier alpha value is -3.38. The van der Waals surface area contributed by atoms with E-state index in [1.54, 1.807) is 55.6 Å². The maximum absolute atomic E-state index is 11.8. The molecule has 0 fully saturated rings. The average molecular weight is 515 g/mol. The highest BCUT2D eigenvalue weighted by atomic mass is 35.5. The molecule has 4 rings (SSSR count). The zero-order valence-corrected chi connectivity index (χ0v) is 20.6. The highest BCUT2D eigenvalue weighted by molar-refractivity contribution is 7.90. The van der Waals surface area contributed by atoms with E-state index in [0.717, 1.165) is 28.2 Å². The molecule has 0 saturated heterocycles. The van der Waals surface area contributed by atoms with Crippen LogP contribution in [0.15, 0.2) is 65.6 Å². The van der Waals surface area contributed by atoms with Gasteiger partial charge in [0.05, 0.1) is 28.7 Å². The highest BCUT2D eigenvalue weighted by Gasteiger charge is 2.14. The van der Waals surface area contributed by atoms with Gasteiger partial charge in [-0.15, -0.1) is 22.6 Å². The number of nitrogens with zero attached hydrogens (tertiary/aromatic N) is 3. The highest BCUT2D eigenvalue weighted by Crippen LogP contribution is 2.32. The van der Waals surface area contributed by atoms with Gasteiger partial charge in [0.1, 0.15) is 11.4 Å². The number of methoxy groups -OCH3 is 1. The van der Waals surface area contributed by atoms with Crippen molar-refractivity contribution in [3.05, 3.63) is 76.8 Å². The van der Waals surface area contributed by atoms with Crippen LogP contribution in [0.4, 0.5) is 5.82 Å². The Morgan fingerprint density at radius 2 is 1.76 bits per heavy atom. The zero-order chi connectivity index (χ0) is 23.6. The molecular weight excluding hydrogens is 495 g/mol. The van der Waals surface area contributed by atoms with Gasteiger partial charge in [-0.05, 0) is 42.0 Å². The van der Waals surface area contributed by atoms with Crippen molar-refractivity contribution in [3.63, 3.8) is 0 Å². The topological polar surface area (TPSA) is 105 Å². The molecule has 0 spiro atoms. The summed E-state index contributed by atoms with van der Waals surface area (Å²) in [7, 11) is -1.74. The lowest BCUT2D eigenvalue weighted by molar-refractivity contribution is 0.415. The molecule has 1 aromatic heterocycles. The molecule has 0 unspecified atom stereocenters. The van der Waals surface area contributed by atoms with Crippen LogP contribution in [0.1, 0.15) is 11.1 Å². The summed E-state index contributed by atoms with van der Waals surface area (Å²) in [6.07, 6.45) is 1.16. The van der Waals surface area contributed by atoms with Crippen LogP contribution in [0.5, 0.6) is 5.75 Å². The number of nitriles is 1. The van der Waals surface area contributed by atoms with Crippen LogP contribution in [0.2, 0.25) is 5.02 Å². The van der Waals surface area contributed by atoms with Crippen molar-refractivity contribution in [2.75, 3.05) is 18.7 Å². The molecule has 4 aromatic rings. The molecule has 1 heterocycles. The van der Waals surface area contributed by atoms with E-state index in [2.05, 4.69) is 21.6 Å². The van der Waals surface area contributed by atoms with Crippen molar-refractivity contribution < 1.29 is 13.2 Å². The summed E-state index contributed by atoms with van der Waals surface area (Å²) in [5.74, 6) is 1.11. The fourth-order valence-corrected chi connectivity index (χ4v) is 4.34. The van der Waals surface area contributed by atoms with Crippen LogP contribution in [-0.4, -0.2) is 32.0 Å². The number of hydrogen-bond donors (Lipinski definition) is 1. The number of sulfone groups is 1. The molecule has 7 nitrogen and oxygen atoms in total. The van der Waals surface area contributed by atoms with Crippen molar-refractivity contribution in [1.82, 2.24) is 10.2 Å². The van der Waals surface area contributed by atoms with Crippen LogP contribution >= 0.6 is 24.0 Å². The molecule has 0 bridgehead atoms. The van der Waals surface area contributed by atoms with E-state index in [0.29, 0.717) is 34.4 Å². The quantitative estimate of drug-likeness (QED) is 0.373. The third kappa shape index (κ3) is 5.23. The van der Waals surface area contributed by atoms with E-state index in [1.807, 2.05) is 12.1 Å². The van der Waals surface area contributed by atoms with Gasteiger partial charge in [-0.25, -0.2) is 8.42 Å². The van der Waals surface area contributed by atoms with Crippen LogP contribution in [0.3, 0.4) is 0 Å². The minimum Gasteiger partial charge on any atom is -0.495 e. The average Bonchev–Trinajstić information content (AvgIpc) is 2.81. The lowest BCUT2D eigenvalue weighted by atomic mass is 10.0. The molecule has 0 amide bonds. The van der Waals surface area contributed by atoms with Gasteiger partial charge < -0.3 is 10.1 Å². The Labute approximate surface area is 208 Å². The second-order valence-corrected chi connectivity index (χ2v) is 9.81. The molecule has 3 aromatic carbocycles. The summed E-state index contributed by atoms with van der Waals surface area (Å²) in [5.41, 5.74) is 2.72. The zero-order valence-electron chi connectivity index (χ0n) is 18.2. The monoisotopic (exact) mass is 514 g/mol. The van der Waals surface area contributed by atoms with Crippen LogP contribution in [0, 0.1) is 11.3 Å². The van der Waals surface area contributed by atoms with E-state index < -0.39 is 9.84 Å². The molecule has 0 radical (unpaired) electrons. The second-order valence-electron chi connectivity index (χ2n) is 7.39. The van der Waals surface area contributed by atoms with E-state index in [4.69, 9.17) is 16.3 Å². The number of fused-ring (bicyclic) bond motifs is 1. The normalized spacial score (nSPS) is 10.9. The maximum Gasteiger partial charge on any atom is 0.175 e. The van der Waals surface area contributed by atoms with E-state index >= 15 is 0 Å². The number of ether oxygens (including phenoxy) is 1. The Morgan fingerprint density at radius 3 is 2.38 bits per heavy atom. The summed E-state index contributed by atoms with van der Waals surface area (Å²) in [5, 5.41) is 23.4. The molecule has 0 saturated carbocycles. The Balaban J connectivity index is 0.00000324. The van der Waals surface area contributed by atoms with Gasteiger partial charge in [0.15, 0.2) is 15.7 Å². The fraction of sp³-hybridized carbons (Fsp3) is 0.125. The summed E-state index contributed by atoms with van der Waals surface area (Å²) in [6, 6.07) is 19.4. The first-order chi connectivity index (χ1) is 15.8. The molecule has 0 aliphatic rings. The largest absolute Gasteiger partial charge is 0.495 e. The van der Waals surface area contributed by atoms with E-state index in [9.17, 15) is 13.7 Å². The predicted octanol–water partition coefficient (Wildman–Crippen LogP) is 5.27. The Kier molecular flexibility index (Phi) is 7.62. The third-order valence-corrected chi connectivity index (χ3v) is 6.56. The number of halogens is 2. The second kappa shape index (κ2) is 10.3. The van der Waals surface area contributed by atoms with Gasteiger partial charge in [0, 0.05) is 29.1 Å². The molecule has 0 aliphatic heterocycles. The lowest BCUT2D eigenvalue weighted by Crippen LogP contribution is -2.05. The minimum absolute atomic E-state index is 0. The van der Waals surface area contributed by atoms with Gasteiger partial charge in [-0.1, -0.05) is 35.9 Å². The first-order valence-electron chi connectivity index (χ1n) is 9.87. The molecule has 10 heteroatoms. The van der Waals surface area contributed by atoms with Gasteiger partial charge in [0.25, 0.3) is 0 Å². The van der Waals surface area contributed by atoms with Crippen molar-refractivity contribution in [3.8, 4) is 23.1 Å². The SMILES string of the molecule is COc1ccc(CNc2nnc(-c3ccc(S(C)(=O)=O)cc3)c3ccc(C#N)cc23)cc1Cl.Cl. The first kappa shape index (κ1) is 25.2. The minimum atomic E-state index is -3.30. The number of benzene rings is 3. The van der Waals surface area contributed by atoms with Gasteiger partial charge >= 0.3 is 0 Å². The van der Waals surface area contributed by atoms with E-state index in [1.165, 1.54) is 0 Å². The molecule has 0 aliphatic carbocycles. The summed E-state index contributed by atoms with van der Waals surface area (Å²) >= 11 is 6.22. The summed E-state index contributed by atoms with van der Waals surface area (Å²) in [4.78, 5) is 0.228. The van der Waals surface area contributed by atoms with Crippen molar-refractivity contribution >= 4 is 50.4 Å². The standard InChI is InChI=1S/C24H19ClN4O3S.ClH/c1-32-22-10-4-16(12-21(22)25)14-27-24-20-11-15(13-26)3-9-19(20)23(28-29-24)17-5-7-18(8-6-17)33(2,30)31;/h3-12H,14H2,1-2H3,(H,27,29);1H. The number of anilines is 1. The van der Waals surface area contributed by atoms with E-state index in [-0.39, 0.29) is 17.3 Å². The van der Waals surface area contributed by atoms with Crippen LogP contribution < -0.4 is 10.1 Å². The van der Waals surface area contributed by atoms with Crippen LogP contribution in [-0.2, 0) is 16.4 Å². The van der Waals surface area contributed by atoms with Crippen molar-refractivity contribution in [2.45, 2.75) is 11.4 Å². The summed E-state index contributed by atoms with van der Waals surface area (Å²) < 4.78 is 28.7. The smallest absolute Gasteiger partial charge is 0.175 e. The Morgan fingerprint density at radius 1 is 1.03 bits per heavy atom. The molecule has 174 valence electrons. The molecule has 34 heavy (non-hydrogen) atoms. The third-order valence-electron chi connectivity index (χ3n) is 5.14. The first-order valence-corrected chi connectivity index (χ1v) is 12.1. The Bertz CT molecular complexity index is 1500. The number of hydrogen-bond acceptors (Lipinski definition) is 7. The van der Waals surface area contributed by atoms with Gasteiger partial charge in [-0.2, -0.15) is 5.26 Å². The molecular formula is C24H20Cl2N4O3S. The number of rotatable bonds is 6. The molecule has 1 N–H and O–H groups in total. The van der Waals surface area contributed by atoms with Gasteiger partial charge in [0.2, 0.25) is 0 Å². The van der Waals surface area contributed by atoms with Gasteiger partial charge in [-0.3, -0.25) is 0 Å². The van der Waals surface area contributed by atoms with Crippen molar-refractivity contribution in [2.24, 2.45) is 0 Å². The van der Waals surface area contributed by atoms with Crippen LogP contribution in [0.25, 0.3) is 22.0 Å². The predicted molar refractivity (Wildman–Crippen MR) is 135 cm³/mol. The van der Waals surface area contributed by atoms with Crippen molar-refractivity contribution in [1.29, 1.82) is 5.26 Å². The lowest BCUT2D eigenvalue weighted by Gasteiger charge is -2.12. The number of aromatic nitrogens is 2. The maximum atomic E-state index is 11.8. The molecule has 0 atom stereocenters. The fourth-order valence-electron chi connectivity index (χ4n) is 3.43. The summed E-state index contributed by atoms with van der Waals surface area (Å²) in [6.45, 7) is 0.437. The number of nitrogens with one attached hydrogen (secondary N) is 1.